The summed E-state index contributed by atoms with van der Waals surface area (Å²) in [5, 5.41) is 8.17. The highest BCUT2D eigenvalue weighted by Gasteiger charge is 2.38. The molecule has 1 aromatic heterocycles. The zero-order valence-corrected chi connectivity index (χ0v) is 26.7. The van der Waals surface area contributed by atoms with Crippen molar-refractivity contribution in [1.29, 1.82) is 0 Å². The number of nitrogens with zero attached hydrogens (tertiary/aromatic N) is 2. The molecule has 2 aliphatic heterocycles. The topological polar surface area (TPSA) is 89.7 Å². The highest BCUT2D eigenvalue weighted by atomic mass is 35.5. The number of rotatable bonds is 9. The first-order valence-corrected chi connectivity index (χ1v) is 16.3. The first kappa shape index (κ1) is 31.1. The summed E-state index contributed by atoms with van der Waals surface area (Å²) in [6, 6.07) is 22.9. The third kappa shape index (κ3) is 7.03. The second-order valence-electron chi connectivity index (χ2n) is 12.3. The lowest BCUT2D eigenvalue weighted by Gasteiger charge is -2.39. The Morgan fingerprint density at radius 2 is 1.80 bits per heavy atom. The number of urea groups is 1. The Balaban J connectivity index is 1.22. The van der Waals surface area contributed by atoms with E-state index in [1.54, 1.807) is 0 Å². The van der Waals surface area contributed by atoms with Gasteiger partial charge >= 0.3 is 6.03 Å². The number of halogens is 1. The van der Waals surface area contributed by atoms with Crippen LogP contribution in [0.2, 0.25) is 5.02 Å². The number of hydrogen-bond acceptors (Lipinski definition) is 4. The van der Waals surface area contributed by atoms with E-state index in [2.05, 4.69) is 33.8 Å². The van der Waals surface area contributed by atoms with E-state index in [0.29, 0.717) is 31.3 Å². The number of carbonyl (C=O) groups is 2. The molecule has 3 amide bonds. The number of fused-ring (bicyclic) bond motifs is 2. The predicted octanol–water partition coefficient (Wildman–Crippen LogP) is 6.11. The molecule has 0 radical (unpaired) electrons. The van der Waals surface area contributed by atoms with Crippen LogP contribution in [0.4, 0.5) is 10.5 Å². The molecule has 0 saturated carbocycles. The number of likely N-dealkylation sites (tertiary alicyclic amines) is 1. The van der Waals surface area contributed by atoms with E-state index in [1.165, 1.54) is 0 Å². The van der Waals surface area contributed by atoms with Crippen LogP contribution in [0.15, 0.2) is 79.0 Å². The maximum absolute atomic E-state index is 14.7. The number of aromatic nitrogens is 1. The number of nitrogens with one attached hydrogen (secondary N) is 3. The van der Waals surface area contributed by atoms with Crippen molar-refractivity contribution in [2.24, 2.45) is 5.92 Å². The SMILES string of the molecule is CNC[C@H]1Cc2cc(Cl)ccc2N(C(=O)[C@H](NC(=O)N2CCC(OCc3ccccc3)CC2)[C@@H](C)c2c[nH]c3ccccc23)C1. The van der Waals surface area contributed by atoms with Gasteiger partial charge in [-0.15, -0.1) is 0 Å². The number of benzene rings is 3. The number of aromatic amines is 1. The second kappa shape index (κ2) is 14.1. The molecule has 3 aromatic carbocycles. The van der Waals surface area contributed by atoms with Gasteiger partial charge in [-0.05, 0) is 79.7 Å². The molecule has 45 heavy (non-hydrogen) atoms. The molecule has 0 unspecified atom stereocenters. The van der Waals surface area contributed by atoms with Gasteiger partial charge in [0.05, 0.1) is 12.7 Å². The lowest BCUT2D eigenvalue weighted by Crippen LogP contribution is -2.57. The molecule has 3 heterocycles. The molecule has 8 nitrogen and oxygen atoms in total. The third-order valence-electron chi connectivity index (χ3n) is 9.26. The second-order valence-corrected chi connectivity index (χ2v) is 12.8. The summed E-state index contributed by atoms with van der Waals surface area (Å²) in [6.45, 7) is 5.07. The maximum Gasteiger partial charge on any atom is 0.318 e. The van der Waals surface area contributed by atoms with Gasteiger partial charge in [-0.2, -0.15) is 0 Å². The first-order valence-electron chi connectivity index (χ1n) is 15.9. The normalized spacial score (nSPS) is 18.4. The quantitative estimate of drug-likeness (QED) is 0.209. The minimum atomic E-state index is -0.777. The molecule has 0 spiro atoms. The number of anilines is 1. The summed E-state index contributed by atoms with van der Waals surface area (Å²) in [5.41, 5.74) is 5.05. The molecule has 0 aliphatic carbocycles. The number of H-pyrrole nitrogens is 1. The molecule has 1 saturated heterocycles. The molecule has 1 fully saturated rings. The van der Waals surface area contributed by atoms with Crippen LogP contribution in [0.5, 0.6) is 0 Å². The van der Waals surface area contributed by atoms with Crippen molar-refractivity contribution in [1.82, 2.24) is 20.5 Å². The van der Waals surface area contributed by atoms with Crippen LogP contribution >= 0.6 is 11.6 Å². The van der Waals surface area contributed by atoms with Gasteiger partial charge in [-0.1, -0.05) is 67.1 Å². The fourth-order valence-electron chi connectivity index (χ4n) is 6.80. The third-order valence-corrected chi connectivity index (χ3v) is 9.49. The summed E-state index contributed by atoms with van der Waals surface area (Å²) in [6.07, 6.45) is 4.39. The van der Waals surface area contributed by atoms with Crippen molar-refractivity contribution in [3.8, 4) is 0 Å². The van der Waals surface area contributed by atoms with Gasteiger partial charge in [-0.25, -0.2) is 4.79 Å². The van der Waals surface area contributed by atoms with Gasteiger partial charge < -0.3 is 30.2 Å². The molecule has 2 aliphatic rings. The van der Waals surface area contributed by atoms with Gasteiger partial charge in [0.1, 0.15) is 6.04 Å². The molecule has 9 heteroatoms. The van der Waals surface area contributed by atoms with Gasteiger partial charge in [0.15, 0.2) is 0 Å². The molecular formula is C36H42ClN5O3. The van der Waals surface area contributed by atoms with Gasteiger partial charge in [-0.3, -0.25) is 4.79 Å². The van der Waals surface area contributed by atoms with Crippen LogP contribution in [0.1, 0.15) is 42.4 Å². The number of hydrogen-bond donors (Lipinski definition) is 3. The van der Waals surface area contributed by atoms with Crippen molar-refractivity contribution >= 4 is 40.1 Å². The van der Waals surface area contributed by atoms with Gasteiger partial charge in [0, 0.05) is 53.4 Å². The summed E-state index contributed by atoms with van der Waals surface area (Å²) < 4.78 is 6.16. The van der Waals surface area contributed by atoms with E-state index in [4.69, 9.17) is 16.3 Å². The van der Waals surface area contributed by atoms with Crippen LogP contribution < -0.4 is 15.5 Å². The number of piperidine rings is 1. The number of para-hydroxylation sites is 1. The Labute approximate surface area is 270 Å². The predicted molar refractivity (Wildman–Crippen MR) is 180 cm³/mol. The zero-order chi connectivity index (χ0) is 31.3. The summed E-state index contributed by atoms with van der Waals surface area (Å²) in [5.74, 6) is -0.184. The minimum Gasteiger partial charge on any atom is -0.373 e. The number of carbonyl (C=O) groups excluding carboxylic acids is 2. The largest absolute Gasteiger partial charge is 0.373 e. The van der Waals surface area contributed by atoms with E-state index in [1.807, 2.05) is 84.6 Å². The van der Waals surface area contributed by atoms with Gasteiger partial charge in [0.25, 0.3) is 0 Å². The molecule has 3 atom stereocenters. The summed E-state index contributed by atoms with van der Waals surface area (Å²) in [7, 11) is 1.93. The fraction of sp³-hybridized carbons (Fsp3) is 0.389. The van der Waals surface area contributed by atoms with Crippen LogP contribution in [0.3, 0.4) is 0 Å². The molecule has 3 N–H and O–H groups in total. The Morgan fingerprint density at radius 1 is 1.04 bits per heavy atom. The average molecular weight is 628 g/mol. The van der Waals surface area contributed by atoms with Crippen LogP contribution in [0.25, 0.3) is 10.9 Å². The highest BCUT2D eigenvalue weighted by Crippen LogP contribution is 2.35. The van der Waals surface area contributed by atoms with Crippen LogP contribution in [-0.4, -0.2) is 67.2 Å². The van der Waals surface area contributed by atoms with E-state index in [9.17, 15) is 9.59 Å². The van der Waals surface area contributed by atoms with Crippen molar-refractivity contribution in [3.05, 3.63) is 101 Å². The lowest BCUT2D eigenvalue weighted by molar-refractivity contribution is -0.121. The van der Waals surface area contributed by atoms with Gasteiger partial charge in [0.2, 0.25) is 5.91 Å². The smallest absolute Gasteiger partial charge is 0.318 e. The lowest BCUT2D eigenvalue weighted by atomic mass is 9.88. The van der Waals surface area contributed by atoms with E-state index >= 15 is 0 Å². The standard InChI is InChI=1S/C36H42ClN5O3/c1-24(31-21-39-32-11-7-6-10-30(31)32)34(35(43)42-22-26(20-38-2)18-27-19-28(37)12-13-33(27)42)40-36(44)41-16-14-29(15-17-41)45-23-25-8-4-3-5-9-25/h3-13,19,21,24,26,29,34,38-39H,14-18,20,22-23H2,1-2H3,(H,40,44)/t24-,26+,34+/m0/s1. The number of amides is 3. The Bertz CT molecular complexity index is 1620. The van der Waals surface area contributed by atoms with Crippen molar-refractivity contribution in [3.63, 3.8) is 0 Å². The Hall–Kier alpha value is -3.85. The van der Waals surface area contributed by atoms with Crippen molar-refractivity contribution in [2.75, 3.05) is 38.1 Å². The maximum atomic E-state index is 14.7. The molecule has 0 bridgehead atoms. The molecule has 236 valence electrons. The molecule has 6 rings (SSSR count). The Morgan fingerprint density at radius 3 is 2.58 bits per heavy atom. The first-order chi connectivity index (χ1) is 21.9. The van der Waals surface area contributed by atoms with Crippen molar-refractivity contribution in [2.45, 2.75) is 50.9 Å². The van der Waals surface area contributed by atoms with Crippen LogP contribution in [-0.2, 0) is 22.6 Å². The highest BCUT2D eigenvalue weighted by molar-refractivity contribution is 6.30. The van der Waals surface area contributed by atoms with E-state index in [-0.39, 0.29) is 29.9 Å². The zero-order valence-electron chi connectivity index (χ0n) is 26.0. The summed E-state index contributed by atoms with van der Waals surface area (Å²) >= 11 is 6.39. The summed E-state index contributed by atoms with van der Waals surface area (Å²) in [4.78, 5) is 35.5. The molecule has 4 aromatic rings. The number of ether oxygens (including phenoxy) is 1. The van der Waals surface area contributed by atoms with E-state index in [0.717, 1.165) is 59.1 Å². The van der Waals surface area contributed by atoms with E-state index < -0.39 is 6.04 Å². The van der Waals surface area contributed by atoms with Crippen LogP contribution in [0, 0.1) is 5.92 Å². The Kier molecular flexibility index (Phi) is 9.73. The van der Waals surface area contributed by atoms with Crippen molar-refractivity contribution < 1.29 is 14.3 Å². The fourth-order valence-corrected chi connectivity index (χ4v) is 7.00. The monoisotopic (exact) mass is 627 g/mol. The average Bonchev–Trinajstić information content (AvgIpc) is 3.50. The minimum absolute atomic E-state index is 0.0950. The molecular weight excluding hydrogens is 586 g/mol.